The van der Waals surface area contributed by atoms with Gasteiger partial charge in [0.1, 0.15) is 11.5 Å². The summed E-state index contributed by atoms with van der Waals surface area (Å²) in [4.78, 5) is 4.48. The number of hydrogen-bond acceptors (Lipinski definition) is 3. The molecule has 0 spiro atoms. The van der Waals surface area contributed by atoms with Crippen LogP contribution >= 0.6 is 0 Å². The lowest BCUT2D eigenvalue weighted by Crippen LogP contribution is -2.36. The summed E-state index contributed by atoms with van der Waals surface area (Å²) in [6, 6.07) is 14.3. The van der Waals surface area contributed by atoms with E-state index in [0.29, 0.717) is 25.6 Å². The van der Waals surface area contributed by atoms with Crippen molar-refractivity contribution in [3.8, 4) is 11.5 Å². The molecule has 0 heterocycles. The van der Waals surface area contributed by atoms with Gasteiger partial charge in [-0.3, -0.25) is 0 Å². The van der Waals surface area contributed by atoms with E-state index in [1.54, 1.807) is 19.2 Å². The van der Waals surface area contributed by atoms with E-state index in [4.69, 9.17) is 4.74 Å². The molecule has 0 amide bonds. The lowest BCUT2D eigenvalue weighted by molar-refractivity contribution is -0.0498. The van der Waals surface area contributed by atoms with Crippen molar-refractivity contribution < 1.29 is 18.3 Å². The molecule has 0 aliphatic heterocycles. The molecule has 0 aromatic heterocycles. The van der Waals surface area contributed by atoms with E-state index in [-0.39, 0.29) is 5.75 Å². The molecule has 2 aromatic carbocycles. The van der Waals surface area contributed by atoms with Gasteiger partial charge in [0, 0.05) is 13.1 Å². The van der Waals surface area contributed by atoms with Crippen LogP contribution in [0.25, 0.3) is 0 Å². The molecule has 0 saturated heterocycles. The van der Waals surface area contributed by atoms with E-state index in [0.717, 1.165) is 16.9 Å². The molecular weight excluding hydrogens is 340 g/mol. The SMILES string of the molecule is CCNC(=NCc1cccc(OC(F)F)c1)NCc1ccc(OC)cc1. The third-order valence-electron chi connectivity index (χ3n) is 3.51. The molecule has 2 aromatic rings. The van der Waals surface area contributed by atoms with Crippen molar-refractivity contribution in [2.24, 2.45) is 4.99 Å². The molecule has 0 aliphatic rings. The number of guanidine groups is 1. The first kappa shape index (κ1) is 19.5. The van der Waals surface area contributed by atoms with Gasteiger partial charge in [-0.05, 0) is 42.3 Å². The number of nitrogens with one attached hydrogen (secondary N) is 2. The lowest BCUT2D eigenvalue weighted by Gasteiger charge is -2.12. The van der Waals surface area contributed by atoms with Gasteiger partial charge in [-0.15, -0.1) is 0 Å². The van der Waals surface area contributed by atoms with Crippen LogP contribution in [0.15, 0.2) is 53.5 Å². The average molecular weight is 363 g/mol. The van der Waals surface area contributed by atoms with E-state index < -0.39 is 6.61 Å². The Labute approximate surface area is 152 Å². The summed E-state index contributed by atoms with van der Waals surface area (Å²) in [5.41, 5.74) is 1.87. The van der Waals surface area contributed by atoms with Crippen LogP contribution in [-0.2, 0) is 13.1 Å². The van der Waals surface area contributed by atoms with Crippen molar-refractivity contribution in [2.75, 3.05) is 13.7 Å². The number of ether oxygens (including phenoxy) is 2. The van der Waals surface area contributed by atoms with Gasteiger partial charge in [-0.2, -0.15) is 8.78 Å². The zero-order valence-electron chi connectivity index (χ0n) is 14.8. The Morgan fingerprint density at radius 1 is 1.04 bits per heavy atom. The van der Waals surface area contributed by atoms with Gasteiger partial charge in [-0.1, -0.05) is 24.3 Å². The first-order chi connectivity index (χ1) is 12.6. The normalized spacial score (nSPS) is 11.3. The van der Waals surface area contributed by atoms with Crippen molar-refractivity contribution in [1.29, 1.82) is 0 Å². The van der Waals surface area contributed by atoms with Gasteiger partial charge < -0.3 is 20.1 Å². The Hall–Kier alpha value is -2.83. The van der Waals surface area contributed by atoms with Crippen LogP contribution in [0.2, 0.25) is 0 Å². The molecule has 2 rings (SSSR count). The number of nitrogens with zero attached hydrogens (tertiary/aromatic N) is 1. The third kappa shape index (κ3) is 6.58. The topological polar surface area (TPSA) is 54.9 Å². The van der Waals surface area contributed by atoms with E-state index in [9.17, 15) is 8.78 Å². The molecule has 0 bridgehead atoms. The molecule has 0 radical (unpaired) electrons. The molecule has 26 heavy (non-hydrogen) atoms. The smallest absolute Gasteiger partial charge is 0.387 e. The number of benzene rings is 2. The molecule has 0 unspecified atom stereocenters. The average Bonchev–Trinajstić information content (AvgIpc) is 2.64. The minimum Gasteiger partial charge on any atom is -0.497 e. The second-order valence-electron chi connectivity index (χ2n) is 5.42. The molecule has 0 saturated carbocycles. The molecule has 0 atom stereocenters. The standard InChI is InChI=1S/C19H23F2N3O2/c1-3-22-19(23-12-14-7-9-16(25-2)10-8-14)24-13-15-5-4-6-17(11-15)26-18(20)21/h4-11,18H,3,12-13H2,1-2H3,(H2,22,23,24). The number of alkyl halides is 2. The molecule has 0 fully saturated rings. The zero-order valence-corrected chi connectivity index (χ0v) is 14.8. The monoisotopic (exact) mass is 363 g/mol. The van der Waals surface area contributed by atoms with Gasteiger partial charge in [0.2, 0.25) is 0 Å². The Bertz CT molecular complexity index is 706. The summed E-state index contributed by atoms with van der Waals surface area (Å²) in [5.74, 6) is 1.58. The van der Waals surface area contributed by atoms with Gasteiger partial charge in [0.25, 0.3) is 0 Å². The highest BCUT2D eigenvalue weighted by Crippen LogP contribution is 2.16. The maximum absolute atomic E-state index is 12.3. The second-order valence-corrected chi connectivity index (χ2v) is 5.42. The number of halogens is 2. The van der Waals surface area contributed by atoms with Crippen molar-refractivity contribution in [3.63, 3.8) is 0 Å². The van der Waals surface area contributed by atoms with Gasteiger partial charge in [-0.25, -0.2) is 4.99 Å². The van der Waals surface area contributed by atoms with Crippen molar-refractivity contribution in [1.82, 2.24) is 10.6 Å². The summed E-state index contributed by atoms with van der Waals surface area (Å²) in [6.45, 7) is 0.796. The number of aliphatic imine (C=N–C) groups is 1. The van der Waals surface area contributed by atoms with Crippen molar-refractivity contribution in [2.45, 2.75) is 26.6 Å². The fraction of sp³-hybridized carbons (Fsp3) is 0.316. The summed E-state index contributed by atoms with van der Waals surface area (Å²) >= 11 is 0. The Kier molecular flexibility index (Phi) is 7.67. The predicted molar refractivity (Wildman–Crippen MR) is 97.7 cm³/mol. The molecule has 5 nitrogen and oxygen atoms in total. The van der Waals surface area contributed by atoms with Crippen LogP contribution in [0.1, 0.15) is 18.1 Å². The fourth-order valence-corrected chi connectivity index (χ4v) is 2.26. The van der Waals surface area contributed by atoms with Crippen LogP contribution in [0.3, 0.4) is 0 Å². The quantitative estimate of drug-likeness (QED) is 0.556. The van der Waals surface area contributed by atoms with Gasteiger partial charge in [0.15, 0.2) is 5.96 Å². The maximum atomic E-state index is 12.3. The summed E-state index contributed by atoms with van der Waals surface area (Å²) in [7, 11) is 1.63. The first-order valence-corrected chi connectivity index (χ1v) is 8.29. The minimum atomic E-state index is -2.84. The maximum Gasteiger partial charge on any atom is 0.387 e. The zero-order chi connectivity index (χ0) is 18.8. The number of rotatable bonds is 8. The summed E-state index contributed by atoms with van der Waals surface area (Å²) in [6.07, 6.45) is 0. The minimum absolute atomic E-state index is 0.129. The molecule has 2 N–H and O–H groups in total. The van der Waals surface area contributed by atoms with Crippen LogP contribution in [-0.4, -0.2) is 26.2 Å². The van der Waals surface area contributed by atoms with Crippen LogP contribution in [0.5, 0.6) is 11.5 Å². The Morgan fingerprint density at radius 2 is 1.81 bits per heavy atom. The number of methoxy groups -OCH3 is 1. The highest BCUT2D eigenvalue weighted by molar-refractivity contribution is 5.79. The third-order valence-corrected chi connectivity index (χ3v) is 3.51. The highest BCUT2D eigenvalue weighted by Gasteiger charge is 2.05. The predicted octanol–water partition coefficient (Wildman–Crippen LogP) is 3.55. The molecule has 140 valence electrons. The first-order valence-electron chi connectivity index (χ1n) is 8.29. The van der Waals surface area contributed by atoms with Gasteiger partial charge >= 0.3 is 6.61 Å². The van der Waals surface area contributed by atoms with Crippen LogP contribution < -0.4 is 20.1 Å². The molecular formula is C19H23F2N3O2. The largest absolute Gasteiger partial charge is 0.497 e. The highest BCUT2D eigenvalue weighted by atomic mass is 19.3. The molecule has 0 aliphatic carbocycles. The van der Waals surface area contributed by atoms with Gasteiger partial charge in [0.05, 0.1) is 13.7 Å². The van der Waals surface area contributed by atoms with Crippen molar-refractivity contribution in [3.05, 3.63) is 59.7 Å². The Balaban J connectivity index is 1.97. The van der Waals surface area contributed by atoms with Crippen LogP contribution in [0, 0.1) is 0 Å². The lowest BCUT2D eigenvalue weighted by atomic mass is 10.2. The summed E-state index contributed by atoms with van der Waals surface area (Å²) < 4.78 is 34.1. The van der Waals surface area contributed by atoms with E-state index in [2.05, 4.69) is 20.4 Å². The second kappa shape index (κ2) is 10.2. The van der Waals surface area contributed by atoms with Crippen molar-refractivity contribution >= 4 is 5.96 Å². The molecule has 7 heteroatoms. The van der Waals surface area contributed by atoms with E-state index >= 15 is 0 Å². The Morgan fingerprint density at radius 3 is 2.46 bits per heavy atom. The van der Waals surface area contributed by atoms with E-state index in [1.807, 2.05) is 37.3 Å². The fourth-order valence-electron chi connectivity index (χ4n) is 2.26. The summed E-state index contributed by atoms with van der Waals surface area (Å²) in [5, 5.41) is 6.39. The van der Waals surface area contributed by atoms with E-state index in [1.165, 1.54) is 6.07 Å². The number of hydrogen-bond donors (Lipinski definition) is 2. The van der Waals surface area contributed by atoms with Crippen LogP contribution in [0.4, 0.5) is 8.78 Å².